The number of thiazole rings is 1. The van der Waals surface area contributed by atoms with Gasteiger partial charge in [-0.25, -0.2) is 4.98 Å². The lowest BCUT2D eigenvalue weighted by Gasteiger charge is -2.18. The minimum atomic E-state index is 0.254. The van der Waals surface area contributed by atoms with E-state index >= 15 is 0 Å². The first-order chi connectivity index (χ1) is 8.83. The molecule has 0 bridgehead atoms. The molecule has 0 spiro atoms. The number of fused-ring (bicyclic) bond motifs is 1. The van der Waals surface area contributed by atoms with Crippen LogP contribution in [-0.4, -0.2) is 18.1 Å². The molecule has 0 saturated heterocycles. The van der Waals surface area contributed by atoms with E-state index < -0.39 is 0 Å². The Hall–Kier alpha value is -0.450. The molecule has 1 heterocycles. The molecule has 2 atom stereocenters. The molecule has 0 aromatic carbocycles. The van der Waals surface area contributed by atoms with Crippen LogP contribution in [0.3, 0.4) is 0 Å². The monoisotopic (exact) mass is 266 g/mol. The number of ether oxygens (including phenoxy) is 1. The average Bonchev–Trinajstić information content (AvgIpc) is 3.13. The first-order valence-corrected chi connectivity index (χ1v) is 7.96. The molecule has 4 heteroatoms. The quantitative estimate of drug-likeness (QED) is 0.891. The van der Waals surface area contributed by atoms with Crippen LogP contribution < -0.4 is 5.73 Å². The first kappa shape index (κ1) is 12.6. The van der Waals surface area contributed by atoms with Gasteiger partial charge in [0.1, 0.15) is 11.1 Å². The number of nitrogens with zero attached hydrogens (tertiary/aromatic N) is 1. The summed E-state index contributed by atoms with van der Waals surface area (Å²) < 4.78 is 5.92. The van der Waals surface area contributed by atoms with Gasteiger partial charge in [0.2, 0.25) is 0 Å². The summed E-state index contributed by atoms with van der Waals surface area (Å²) in [6, 6.07) is 0. The number of hydrogen-bond donors (Lipinski definition) is 1. The van der Waals surface area contributed by atoms with Crippen molar-refractivity contribution < 1.29 is 4.74 Å². The molecule has 2 unspecified atom stereocenters. The first-order valence-electron chi connectivity index (χ1n) is 7.14. The molecule has 18 heavy (non-hydrogen) atoms. The standard InChI is InChI=1S/C14H22N2OS/c1-2-17-13(9-6-7-9)14-16-12-10(8-15)4-3-5-11(12)18-14/h9-10,13H,2-8,15H2,1H3. The van der Waals surface area contributed by atoms with E-state index in [0.717, 1.165) is 13.2 Å². The zero-order valence-electron chi connectivity index (χ0n) is 11.0. The highest BCUT2D eigenvalue weighted by Crippen LogP contribution is 2.46. The molecule has 3 nitrogen and oxygen atoms in total. The second kappa shape index (κ2) is 5.27. The van der Waals surface area contributed by atoms with Crippen molar-refractivity contribution in [3.8, 4) is 0 Å². The fraction of sp³-hybridized carbons (Fsp3) is 0.786. The number of aryl methyl sites for hydroxylation is 1. The predicted octanol–water partition coefficient (Wildman–Crippen LogP) is 3.01. The van der Waals surface area contributed by atoms with Gasteiger partial charge in [-0.2, -0.15) is 0 Å². The molecule has 1 aromatic heterocycles. The highest BCUT2D eigenvalue weighted by molar-refractivity contribution is 7.11. The third-order valence-electron chi connectivity index (χ3n) is 4.01. The van der Waals surface area contributed by atoms with Crippen molar-refractivity contribution in [2.75, 3.05) is 13.2 Å². The van der Waals surface area contributed by atoms with Crippen molar-refractivity contribution in [1.29, 1.82) is 0 Å². The SMILES string of the molecule is CCOC(c1nc2c(s1)CCCC2CN)C1CC1. The number of aromatic nitrogens is 1. The topological polar surface area (TPSA) is 48.1 Å². The van der Waals surface area contributed by atoms with E-state index in [9.17, 15) is 0 Å². The highest BCUT2D eigenvalue weighted by atomic mass is 32.1. The van der Waals surface area contributed by atoms with Crippen LogP contribution in [0.25, 0.3) is 0 Å². The Kier molecular flexibility index (Phi) is 3.68. The van der Waals surface area contributed by atoms with Crippen molar-refractivity contribution in [2.24, 2.45) is 11.7 Å². The minimum absolute atomic E-state index is 0.254. The molecule has 2 N–H and O–H groups in total. The van der Waals surface area contributed by atoms with Crippen LogP contribution in [0.4, 0.5) is 0 Å². The van der Waals surface area contributed by atoms with Crippen molar-refractivity contribution in [1.82, 2.24) is 4.98 Å². The molecular weight excluding hydrogens is 244 g/mol. The van der Waals surface area contributed by atoms with Gasteiger partial charge in [0, 0.05) is 23.9 Å². The number of rotatable bonds is 5. The van der Waals surface area contributed by atoms with E-state index in [1.807, 2.05) is 11.3 Å². The van der Waals surface area contributed by atoms with E-state index in [1.165, 1.54) is 47.7 Å². The van der Waals surface area contributed by atoms with Crippen molar-refractivity contribution in [3.05, 3.63) is 15.6 Å². The van der Waals surface area contributed by atoms with E-state index in [1.54, 1.807) is 0 Å². The van der Waals surface area contributed by atoms with Gasteiger partial charge in [0.15, 0.2) is 0 Å². The Bertz CT molecular complexity index is 414. The van der Waals surface area contributed by atoms with E-state index in [0.29, 0.717) is 11.8 Å². The van der Waals surface area contributed by atoms with Gasteiger partial charge in [-0.1, -0.05) is 0 Å². The molecule has 0 radical (unpaired) electrons. The zero-order valence-corrected chi connectivity index (χ0v) is 11.8. The molecular formula is C14H22N2OS. The van der Waals surface area contributed by atoms with E-state index in [-0.39, 0.29) is 6.10 Å². The van der Waals surface area contributed by atoms with Crippen LogP contribution in [0, 0.1) is 5.92 Å². The highest BCUT2D eigenvalue weighted by Gasteiger charge is 2.36. The fourth-order valence-corrected chi connectivity index (χ4v) is 4.20. The maximum Gasteiger partial charge on any atom is 0.122 e. The molecule has 0 amide bonds. The molecule has 1 fully saturated rings. The van der Waals surface area contributed by atoms with Crippen LogP contribution in [0.1, 0.15) is 60.2 Å². The molecule has 3 rings (SSSR count). The van der Waals surface area contributed by atoms with Crippen LogP contribution in [-0.2, 0) is 11.2 Å². The molecule has 1 saturated carbocycles. The van der Waals surface area contributed by atoms with Crippen molar-refractivity contribution >= 4 is 11.3 Å². The normalized spacial score (nSPS) is 24.9. The van der Waals surface area contributed by atoms with Gasteiger partial charge < -0.3 is 10.5 Å². The predicted molar refractivity (Wildman–Crippen MR) is 73.9 cm³/mol. The lowest BCUT2D eigenvalue weighted by Crippen LogP contribution is -2.17. The lowest BCUT2D eigenvalue weighted by molar-refractivity contribution is 0.0461. The van der Waals surface area contributed by atoms with Gasteiger partial charge in [0.05, 0.1) is 5.69 Å². The van der Waals surface area contributed by atoms with Crippen molar-refractivity contribution in [3.63, 3.8) is 0 Å². The summed E-state index contributed by atoms with van der Waals surface area (Å²) >= 11 is 1.88. The van der Waals surface area contributed by atoms with Gasteiger partial charge in [0.25, 0.3) is 0 Å². The van der Waals surface area contributed by atoms with Gasteiger partial charge in [-0.15, -0.1) is 11.3 Å². The fourth-order valence-electron chi connectivity index (χ4n) is 2.86. The lowest BCUT2D eigenvalue weighted by atomic mass is 9.91. The minimum Gasteiger partial charge on any atom is -0.371 e. The third-order valence-corrected chi connectivity index (χ3v) is 5.20. The van der Waals surface area contributed by atoms with E-state index in [4.69, 9.17) is 15.5 Å². The maximum absolute atomic E-state index is 5.92. The molecule has 100 valence electrons. The zero-order chi connectivity index (χ0) is 12.5. The van der Waals surface area contributed by atoms with Crippen LogP contribution in [0.5, 0.6) is 0 Å². The summed E-state index contributed by atoms with van der Waals surface area (Å²) in [5.74, 6) is 1.20. The summed E-state index contributed by atoms with van der Waals surface area (Å²) in [5.41, 5.74) is 7.15. The Morgan fingerprint density at radius 2 is 2.28 bits per heavy atom. The average molecular weight is 266 g/mol. The molecule has 0 aliphatic heterocycles. The molecule has 2 aliphatic rings. The third kappa shape index (κ3) is 2.33. The van der Waals surface area contributed by atoms with Gasteiger partial charge in [-0.05, 0) is 44.9 Å². The maximum atomic E-state index is 5.92. The Morgan fingerprint density at radius 3 is 2.94 bits per heavy atom. The second-order valence-electron chi connectivity index (χ2n) is 5.40. The van der Waals surface area contributed by atoms with Crippen LogP contribution in [0.15, 0.2) is 0 Å². The summed E-state index contributed by atoms with van der Waals surface area (Å²) in [6.07, 6.45) is 6.51. The summed E-state index contributed by atoms with van der Waals surface area (Å²) in [6.45, 7) is 3.59. The summed E-state index contributed by atoms with van der Waals surface area (Å²) in [4.78, 5) is 6.37. The smallest absolute Gasteiger partial charge is 0.122 e. The second-order valence-corrected chi connectivity index (χ2v) is 6.51. The molecule has 1 aromatic rings. The van der Waals surface area contributed by atoms with Crippen molar-refractivity contribution in [2.45, 2.75) is 51.0 Å². The van der Waals surface area contributed by atoms with Crippen LogP contribution in [0.2, 0.25) is 0 Å². The summed E-state index contributed by atoms with van der Waals surface area (Å²) in [5, 5.41) is 1.21. The molecule has 2 aliphatic carbocycles. The Balaban J connectivity index is 1.86. The van der Waals surface area contributed by atoms with Crippen LogP contribution >= 0.6 is 11.3 Å². The Morgan fingerprint density at radius 1 is 1.44 bits per heavy atom. The van der Waals surface area contributed by atoms with Gasteiger partial charge >= 0.3 is 0 Å². The largest absolute Gasteiger partial charge is 0.371 e. The van der Waals surface area contributed by atoms with Gasteiger partial charge in [-0.3, -0.25) is 0 Å². The number of hydrogen-bond acceptors (Lipinski definition) is 4. The summed E-state index contributed by atoms with van der Waals surface area (Å²) in [7, 11) is 0. The Labute approximate surface area is 113 Å². The van der Waals surface area contributed by atoms with E-state index in [2.05, 4.69) is 6.92 Å². The number of nitrogens with two attached hydrogens (primary N) is 1.